The number of carboxylic acid groups (broad SMARTS) is 1. The molecule has 0 spiro atoms. The van der Waals surface area contributed by atoms with Crippen molar-refractivity contribution < 1.29 is 19.1 Å². The van der Waals surface area contributed by atoms with Gasteiger partial charge in [0, 0.05) is 12.1 Å². The molecule has 3 heterocycles. The molecular weight excluding hydrogens is 234 g/mol. The van der Waals surface area contributed by atoms with E-state index >= 15 is 0 Å². The van der Waals surface area contributed by atoms with Crippen LogP contribution in [0, 0.1) is 12.8 Å². The number of hydrogen-bond donors (Lipinski definition) is 1. The fraction of sp³-hybridized carbons (Fsp3) is 0.538. The van der Waals surface area contributed by atoms with Gasteiger partial charge in [0.25, 0.3) is 5.91 Å². The Bertz CT molecular complexity index is 507. The van der Waals surface area contributed by atoms with Gasteiger partial charge in [-0.3, -0.25) is 9.59 Å². The first kappa shape index (κ1) is 11.3. The van der Waals surface area contributed by atoms with Gasteiger partial charge < -0.3 is 14.4 Å². The Labute approximate surface area is 104 Å². The monoisotopic (exact) mass is 249 g/mol. The third-order valence-corrected chi connectivity index (χ3v) is 4.04. The molecule has 0 radical (unpaired) electrons. The first-order chi connectivity index (χ1) is 8.58. The van der Waals surface area contributed by atoms with Crippen LogP contribution in [-0.2, 0) is 4.79 Å². The van der Waals surface area contributed by atoms with Gasteiger partial charge in [0.1, 0.15) is 5.76 Å². The molecule has 5 heteroatoms. The second-order valence-electron chi connectivity index (χ2n) is 5.10. The van der Waals surface area contributed by atoms with Gasteiger partial charge in [-0.25, -0.2) is 0 Å². The Morgan fingerprint density at radius 2 is 2.17 bits per heavy atom. The highest BCUT2D eigenvalue weighted by Gasteiger charge is 2.51. The summed E-state index contributed by atoms with van der Waals surface area (Å²) in [6.45, 7) is 1.79. The highest BCUT2D eigenvalue weighted by molar-refractivity contribution is 5.93. The first-order valence-corrected chi connectivity index (χ1v) is 6.20. The zero-order chi connectivity index (χ0) is 12.9. The Morgan fingerprint density at radius 3 is 2.72 bits per heavy atom. The molecule has 1 aromatic heterocycles. The van der Waals surface area contributed by atoms with Crippen LogP contribution in [0.2, 0.25) is 0 Å². The summed E-state index contributed by atoms with van der Waals surface area (Å²) in [7, 11) is 0. The molecule has 18 heavy (non-hydrogen) atoms. The third kappa shape index (κ3) is 1.54. The van der Waals surface area contributed by atoms with Crippen molar-refractivity contribution in [2.45, 2.75) is 38.3 Å². The molecule has 5 nitrogen and oxygen atoms in total. The van der Waals surface area contributed by atoms with E-state index in [0.29, 0.717) is 17.9 Å². The molecule has 0 saturated carbocycles. The first-order valence-electron chi connectivity index (χ1n) is 6.20. The van der Waals surface area contributed by atoms with Crippen LogP contribution in [-0.4, -0.2) is 34.0 Å². The van der Waals surface area contributed by atoms with Crippen molar-refractivity contribution in [1.29, 1.82) is 0 Å². The van der Waals surface area contributed by atoms with E-state index in [1.165, 1.54) is 0 Å². The number of aryl methyl sites for hydroxylation is 1. The molecule has 1 N–H and O–H groups in total. The number of carboxylic acids is 1. The van der Waals surface area contributed by atoms with Gasteiger partial charge in [0.15, 0.2) is 5.76 Å². The highest BCUT2D eigenvalue weighted by atomic mass is 16.4. The number of rotatable bonds is 2. The van der Waals surface area contributed by atoms with Crippen LogP contribution in [0.15, 0.2) is 16.5 Å². The van der Waals surface area contributed by atoms with Crippen molar-refractivity contribution in [2.24, 2.45) is 5.92 Å². The fourth-order valence-corrected chi connectivity index (χ4v) is 3.25. The number of hydrogen-bond acceptors (Lipinski definition) is 3. The minimum atomic E-state index is -0.796. The predicted molar refractivity (Wildman–Crippen MR) is 62.2 cm³/mol. The molecule has 2 aliphatic rings. The summed E-state index contributed by atoms with van der Waals surface area (Å²) in [6.07, 6.45) is 2.26. The predicted octanol–water partition coefficient (Wildman–Crippen LogP) is 1.67. The molecule has 0 aliphatic carbocycles. The summed E-state index contributed by atoms with van der Waals surface area (Å²) in [5, 5.41) is 9.15. The molecule has 2 aliphatic heterocycles. The number of nitrogens with zero attached hydrogens (tertiary/aromatic N) is 1. The topological polar surface area (TPSA) is 70.8 Å². The highest BCUT2D eigenvalue weighted by Crippen LogP contribution is 2.42. The van der Waals surface area contributed by atoms with E-state index in [9.17, 15) is 9.59 Å². The van der Waals surface area contributed by atoms with E-state index in [2.05, 4.69) is 0 Å². The normalized spacial score (nSPS) is 29.8. The van der Waals surface area contributed by atoms with Crippen LogP contribution in [0.1, 0.15) is 35.6 Å². The van der Waals surface area contributed by atoms with Crippen molar-refractivity contribution in [3.63, 3.8) is 0 Å². The van der Waals surface area contributed by atoms with Gasteiger partial charge in [-0.15, -0.1) is 0 Å². The van der Waals surface area contributed by atoms with E-state index < -0.39 is 11.9 Å². The molecule has 3 rings (SSSR count). The van der Waals surface area contributed by atoms with E-state index in [1.54, 1.807) is 24.0 Å². The summed E-state index contributed by atoms with van der Waals surface area (Å²) in [5.41, 5.74) is 0. The van der Waals surface area contributed by atoms with Gasteiger partial charge in [0.2, 0.25) is 0 Å². The van der Waals surface area contributed by atoms with E-state index in [4.69, 9.17) is 9.52 Å². The number of furan rings is 1. The van der Waals surface area contributed by atoms with E-state index in [-0.39, 0.29) is 18.0 Å². The van der Waals surface area contributed by atoms with Crippen LogP contribution < -0.4 is 0 Å². The molecule has 2 saturated heterocycles. The zero-order valence-corrected chi connectivity index (χ0v) is 10.1. The standard InChI is InChI=1S/C13H15NO4/c1-7-2-5-11(18-7)12(15)14-8-3-4-10(14)9(6-8)13(16)17/h2,5,8-10H,3-4,6H2,1H3,(H,16,17). The lowest BCUT2D eigenvalue weighted by molar-refractivity contribution is -0.142. The lowest BCUT2D eigenvalue weighted by Crippen LogP contribution is -2.37. The van der Waals surface area contributed by atoms with Gasteiger partial charge in [0.05, 0.1) is 5.92 Å². The maximum atomic E-state index is 12.3. The molecule has 2 bridgehead atoms. The number of carbonyl (C=O) groups excluding carboxylic acids is 1. The number of fused-ring (bicyclic) bond motifs is 2. The fourth-order valence-electron chi connectivity index (χ4n) is 3.25. The second kappa shape index (κ2) is 3.86. The summed E-state index contributed by atoms with van der Waals surface area (Å²) in [4.78, 5) is 25.2. The molecule has 3 atom stereocenters. The van der Waals surface area contributed by atoms with Crippen LogP contribution in [0.25, 0.3) is 0 Å². The quantitative estimate of drug-likeness (QED) is 0.865. The second-order valence-corrected chi connectivity index (χ2v) is 5.10. The number of aliphatic carboxylic acids is 1. The van der Waals surface area contributed by atoms with Gasteiger partial charge >= 0.3 is 5.97 Å². The minimum absolute atomic E-state index is 0.0639. The largest absolute Gasteiger partial charge is 0.481 e. The van der Waals surface area contributed by atoms with Crippen LogP contribution in [0.5, 0.6) is 0 Å². The molecule has 1 amide bonds. The minimum Gasteiger partial charge on any atom is -0.481 e. The lowest BCUT2D eigenvalue weighted by Gasteiger charge is -2.21. The van der Waals surface area contributed by atoms with Gasteiger partial charge in [-0.2, -0.15) is 0 Å². The average molecular weight is 249 g/mol. The van der Waals surface area contributed by atoms with E-state index in [1.807, 2.05) is 0 Å². The number of carbonyl (C=O) groups is 2. The molecule has 0 aromatic carbocycles. The zero-order valence-electron chi connectivity index (χ0n) is 10.1. The molecule has 2 fully saturated rings. The SMILES string of the molecule is Cc1ccc(C(=O)N2C3CCC2C(C(=O)O)C3)o1. The van der Waals surface area contributed by atoms with Crippen molar-refractivity contribution in [3.8, 4) is 0 Å². The van der Waals surface area contributed by atoms with Crippen molar-refractivity contribution >= 4 is 11.9 Å². The maximum absolute atomic E-state index is 12.3. The summed E-state index contributed by atoms with van der Waals surface area (Å²) >= 11 is 0. The Kier molecular flexibility index (Phi) is 2.43. The summed E-state index contributed by atoms with van der Waals surface area (Å²) < 4.78 is 5.34. The Hall–Kier alpha value is -1.78. The smallest absolute Gasteiger partial charge is 0.308 e. The lowest BCUT2D eigenvalue weighted by atomic mass is 9.89. The van der Waals surface area contributed by atoms with Crippen LogP contribution in [0.4, 0.5) is 0 Å². The molecule has 1 aromatic rings. The van der Waals surface area contributed by atoms with Crippen LogP contribution in [0.3, 0.4) is 0 Å². The maximum Gasteiger partial charge on any atom is 0.308 e. The average Bonchev–Trinajstić information content (AvgIpc) is 3.01. The Morgan fingerprint density at radius 1 is 1.39 bits per heavy atom. The number of amides is 1. The third-order valence-electron chi connectivity index (χ3n) is 4.04. The van der Waals surface area contributed by atoms with Crippen molar-refractivity contribution in [1.82, 2.24) is 4.90 Å². The van der Waals surface area contributed by atoms with Gasteiger partial charge in [-0.1, -0.05) is 0 Å². The molecule has 3 unspecified atom stereocenters. The molecule has 96 valence electrons. The van der Waals surface area contributed by atoms with Gasteiger partial charge in [-0.05, 0) is 38.3 Å². The molecular formula is C13H15NO4. The van der Waals surface area contributed by atoms with Crippen LogP contribution >= 0.6 is 0 Å². The van der Waals surface area contributed by atoms with E-state index in [0.717, 1.165) is 12.8 Å². The summed E-state index contributed by atoms with van der Waals surface area (Å²) in [5.74, 6) is -0.367. The summed E-state index contributed by atoms with van der Waals surface area (Å²) in [6, 6.07) is 3.31. The van der Waals surface area contributed by atoms with Crippen molar-refractivity contribution in [3.05, 3.63) is 23.7 Å². The Balaban J connectivity index is 1.85. The van der Waals surface area contributed by atoms with Crippen molar-refractivity contribution in [2.75, 3.05) is 0 Å².